The van der Waals surface area contributed by atoms with Crippen LogP contribution in [0.25, 0.3) is 33.4 Å². The molecular weight excluding hydrogens is 630 g/mol. The number of hydrogen-bond donors (Lipinski definition) is 2. The van der Waals surface area contributed by atoms with Crippen LogP contribution in [0.3, 0.4) is 0 Å². The van der Waals surface area contributed by atoms with E-state index >= 15 is 0 Å². The molecular formula is C41H39N3O6. The first kappa shape index (κ1) is 33.0. The van der Waals surface area contributed by atoms with E-state index in [2.05, 4.69) is 24.3 Å². The molecule has 0 unspecified atom stereocenters. The van der Waals surface area contributed by atoms with Crippen LogP contribution in [0.5, 0.6) is 11.6 Å². The van der Waals surface area contributed by atoms with Crippen molar-refractivity contribution >= 4 is 17.0 Å². The molecule has 2 N–H and O–H groups in total. The second kappa shape index (κ2) is 14.9. The Morgan fingerprint density at radius 3 is 2.34 bits per heavy atom. The van der Waals surface area contributed by atoms with Crippen molar-refractivity contribution in [1.29, 1.82) is 0 Å². The van der Waals surface area contributed by atoms with E-state index in [1.54, 1.807) is 18.2 Å². The van der Waals surface area contributed by atoms with Crippen LogP contribution >= 0.6 is 0 Å². The molecule has 9 nitrogen and oxygen atoms in total. The van der Waals surface area contributed by atoms with Gasteiger partial charge in [0.1, 0.15) is 18.2 Å². The van der Waals surface area contributed by atoms with Crippen molar-refractivity contribution in [2.75, 3.05) is 19.8 Å². The summed E-state index contributed by atoms with van der Waals surface area (Å²) in [6.07, 6.45) is 3.40. The third kappa shape index (κ3) is 7.39. The van der Waals surface area contributed by atoms with Crippen LogP contribution in [0, 0.1) is 0 Å². The molecule has 0 spiro atoms. The van der Waals surface area contributed by atoms with Crippen molar-refractivity contribution in [3.63, 3.8) is 0 Å². The highest BCUT2D eigenvalue weighted by molar-refractivity contribution is 5.92. The normalized spacial score (nSPS) is 13.8. The lowest BCUT2D eigenvalue weighted by atomic mass is 9.96. The number of aryl methyl sites for hydroxylation is 2. The Kier molecular flexibility index (Phi) is 9.86. The van der Waals surface area contributed by atoms with Gasteiger partial charge >= 0.3 is 5.97 Å². The fourth-order valence-corrected chi connectivity index (χ4v) is 6.07. The predicted octanol–water partition coefficient (Wildman–Crippen LogP) is 7.39. The number of aromatic nitrogens is 3. The minimum atomic E-state index is -0.964. The standard InChI is InChI=1S/C38H33N3O5.C3H6O/c1-41-34-19-30(38(43)44)15-16-33(34)39-36(41)21-29-13-12-28-20-35(29)45-17-3-4-26-18-27(25-9-7-24(22-42)8-10-25)11-14-31(26)23-46-37-6-2-5-32(28)40-37;1-2-4-3-1/h2,5-16,18-20,42H,3-4,17,21-23H2,1H3,(H,43,44);1-3H2. The van der Waals surface area contributed by atoms with Gasteiger partial charge < -0.3 is 29.0 Å². The van der Waals surface area contributed by atoms with Gasteiger partial charge in [-0.1, -0.05) is 60.7 Å². The highest BCUT2D eigenvalue weighted by Crippen LogP contribution is 2.31. The first-order valence-corrected chi connectivity index (χ1v) is 16.9. The van der Waals surface area contributed by atoms with Gasteiger partial charge in [-0.2, -0.15) is 0 Å². The molecule has 0 amide bonds. The van der Waals surface area contributed by atoms with E-state index < -0.39 is 5.97 Å². The Hall–Kier alpha value is -5.51. The number of benzene rings is 4. The first-order valence-electron chi connectivity index (χ1n) is 16.9. The van der Waals surface area contributed by atoms with E-state index in [1.165, 1.54) is 12.0 Å². The molecule has 6 aromatic rings. The zero-order chi connectivity index (χ0) is 34.5. The van der Waals surface area contributed by atoms with Gasteiger partial charge in [-0.15, -0.1) is 0 Å². The number of carbonyl (C=O) groups is 1. The predicted molar refractivity (Wildman–Crippen MR) is 192 cm³/mol. The Labute approximate surface area is 290 Å². The molecule has 0 aliphatic carbocycles. The quantitative estimate of drug-likeness (QED) is 0.195. The molecule has 0 radical (unpaired) electrons. The van der Waals surface area contributed by atoms with E-state index in [0.29, 0.717) is 25.5 Å². The number of carboxylic acids is 1. The molecule has 1 saturated heterocycles. The summed E-state index contributed by atoms with van der Waals surface area (Å²) in [6.45, 7) is 2.95. The summed E-state index contributed by atoms with van der Waals surface area (Å²) in [5.74, 6) is 1.16. The van der Waals surface area contributed by atoms with Crippen molar-refractivity contribution in [3.05, 3.63) is 131 Å². The van der Waals surface area contributed by atoms with Crippen LogP contribution < -0.4 is 9.47 Å². The maximum Gasteiger partial charge on any atom is 0.335 e. The van der Waals surface area contributed by atoms with Gasteiger partial charge in [0.05, 0.1) is 35.5 Å². The number of nitrogens with zero attached hydrogens (tertiary/aromatic N) is 3. The van der Waals surface area contributed by atoms with E-state index in [4.69, 9.17) is 24.2 Å². The zero-order valence-corrected chi connectivity index (χ0v) is 28.0. The van der Waals surface area contributed by atoms with Gasteiger partial charge in [-0.05, 0) is 77.4 Å². The largest absolute Gasteiger partial charge is 0.493 e. The van der Waals surface area contributed by atoms with Crippen LogP contribution in [0.2, 0.25) is 0 Å². The number of fused-ring (bicyclic) bond motifs is 7. The van der Waals surface area contributed by atoms with Gasteiger partial charge in [-0.3, -0.25) is 0 Å². The highest BCUT2D eigenvalue weighted by atomic mass is 16.5. The molecule has 2 aromatic heterocycles. The molecule has 9 heteroatoms. The van der Waals surface area contributed by atoms with E-state index in [9.17, 15) is 15.0 Å². The Morgan fingerprint density at radius 2 is 1.58 bits per heavy atom. The Morgan fingerprint density at radius 1 is 0.800 bits per heavy atom. The molecule has 2 aliphatic heterocycles. The minimum absolute atomic E-state index is 0.0216. The molecule has 1 fully saturated rings. The molecule has 0 saturated carbocycles. The summed E-state index contributed by atoms with van der Waals surface area (Å²) in [5, 5.41) is 18.9. The third-order valence-corrected chi connectivity index (χ3v) is 9.13. The monoisotopic (exact) mass is 669 g/mol. The second-order valence-electron chi connectivity index (χ2n) is 12.5. The number of ether oxygens (including phenoxy) is 3. The maximum absolute atomic E-state index is 11.5. The zero-order valence-electron chi connectivity index (χ0n) is 28.0. The summed E-state index contributed by atoms with van der Waals surface area (Å²) in [4.78, 5) is 21.2. The second-order valence-corrected chi connectivity index (χ2v) is 12.5. The molecule has 4 heterocycles. The van der Waals surface area contributed by atoms with Crippen LogP contribution in [0.15, 0.2) is 97.1 Å². The lowest BCUT2D eigenvalue weighted by Gasteiger charge is -2.17. The van der Waals surface area contributed by atoms with Crippen molar-refractivity contribution in [1.82, 2.24) is 14.5 Å². The van der Waals surface area contributed by atoms with Gasteiger partial charge in [0.25, 0.3) is 0 Å². The molecule has 4 bridgehead atoms. The Balaban J connectivity index is 0.000000916. The van der Waals surface area contributed by atoms with Crippen molar-refractivity contribution < 1.29 is 29.2 Å². The first-order chi connectivity index (χ1) is 24.4. The van der Waals surface area contributed by atoms with Gasteiger partial charge in [-0.25, -0.2) is 14.8 Å². The maximum atomic E-state index is 11.5. The molecule has 254 valence electrons. The van der Waals surface area contributed by atoms with E-state index in [0.717, 1.165) is 87.7 Å². The number of rotatable bonds is 5. The molecule has 8 rings (SSSR count). The number of aromatic carboxylic acids is 1. The molecule has 50 heavy (non-hydrogen) atoms. The number of aliphatic hydroxyl groups excluding tert-OH is 1. The topological polar surface area (TPSA) is 116 Å². The number of hydrogen-bond acceptors (Lipinski definition) is 7. The summed E-state index contributed by atoms with van der Waals surface area (Å²) >= 11 is 0. The molecule has 4 aromatic carbocycles. The summed E-state index contributed by atoms with van der Waals surface area (Å²) in [7, 11) is 1.91. The molecule has 2 aliphatic rings. The van der Waals surface area contributed by atoms with Crippen LogP contribution in [-0.2, 0) is 37.8 Å². The van der Waals surface area contributed by atoms with E-state index in [1.807, 2.05) is 66.2 Å². The lowest BCUT2D eigenvalue weighted by Crippen LogP contribution is -2.09. The minimum Gasteiger partial charge on any atom is -0.493 e. The summed E-state index contributed by atoms with van der Waals surface area (Å²) in [6, 6.07) is 31.3. The number of pyridine rings is 1. The average Bonchev–Trinajstić information content (AvgIpc) is 3.42. The van der Waals surface area contributed by atoms with Gasteiger partial charge in [0.2, 0.25) is 5.88 Å². The summed E-state index contributed by atoms with van der Waals surface area (Å²) in [5.41, 5.74) is 9.82. The number of imidazole rings is 1. The van der Waals surface area contributed by atoms with Crippen LogP contribution in [-0.4, -0.2) is 50.5 Å². The van der Waals surface area contributed by atoms with Crippen molar-refractivity contribution in [2.45, 2.75) is 38.9 Å². The lowest BCUT2D eigenvalue weighted by molar-refractivity contribution is 0.0367. The third-order valence-electron chi connectivity index (χ3n) is 9.13. The Bertz CT molecular complexity index is 2130. The average molecular weight is 670 g/mol. The smallest absolute Gasteiger partial charge is 0.335 e. The number of aliphatic hydroxyl groups is 1. The highest BCUT2D eigenvalue weighted by Gasteiger charge is 2.16. The van der Waals surface area contributed by atoms with Crippen molar-refractivity contribution in [3.8, 4) is 34.0 Å². The number of carboxylic acid groups (broad SMARTS) is 1. The molecule has 0 atom stereocenters. The van der Waals surface area contributed by atoms with E-state index in [-0.39, 0.29) is 12.2 Å². The van der Waals surface area contributed by atoms with Crippen LogP contribution in [0.1, 0.15) is 51.3 Å². The summed E-state index contributed by atoms with van der Waals surface area (Å²) < 4.78 is 19.4. The SMILES string of the molecule is C1COC1.Cn1c(Cc2ccc3cc2OCCCc2cc(-c4ccc(CO)cc4)ccc2COc2cccc-3n2)nc2ccc(C(=O)O)cc21. The fraction of sp³-hybridized carbons (Fsp3) is 0.244. The van der Waals surface area contributed by atoms with Crippen LogP contribution in [0.4, 0.5) is 0 Å². The van der Waals surface area contributed by atoms with Gasteiger partial charge in [0, 0.05) is 43.9 Å². The fourth-order valence-electron chi connectivity index (χ4n) is 6.07. The van der Waals surface area contributed by atoms with Gasteiger partial charge in [0.15, 0.2) is 0 Å². The van der Waals surface area contributed by atoms with Crippen molar-refractivity contribution in [2.24, 2.45) is 7.05 Å².